The summed E-state index contributed by atoms with van der Waals surface area (Å²) in [6.07, 6.45) is 2.52. The number of amides is 2. The number of carbonyl (C=O) groups is 1. The maximum Gasteiger partial charge on any atom is 0.318 e. The molecule has 0 unspecified atom stereocenters. The first-order valence-electron chi connectivity index (χ1n) is 6.02. The molecule has 2 rings (SSSR count). The zero-order valence-corrected chi connectivity index (χ0v) is 11.0. The van der Waals surface area contributed by atoms with Crippen molar-refractivity contribution in [2.24, 2.45) is 0 Å². The van der Waals surface area contributed by atoms with E-state index in [1.807, 2.05) is 20.8 Å². The van der Waals surface area contributed by atoms with Crippen molar-refractivity contribution in [2.75, 3.05) is 12.3 Å². The standard InChI is InChI=1S/C12H19N5O/c1-12(2,3)16-11(18)17-5-4-8-6-14-10(13)15-9(8)7-17/h6H,4-5,7H2,1-3H3,(H,16,18)(H2,13,14,15). The molecule has 2 amide bonds. The number of fused-ring (bicyclic) bond motifs is 1. The Morgan fingerprint density at radius 2 is 2.22 bits per heavy atom. The number of aromatic nitrogens is 2. The molecule has 1 aliphatic rings. The lowest BCUT2D eigenvalue weighted by Gasteiger charge is -2.31. The largest absolute Gasteiger partial charge is 0.368 e. The molecule has 0 saturated carbocycles. The van der Waals surface area contributed by atoms with Crippen LogP contribution in [0.4, 0.5) is 10.7 Å². The Balaban J connectivity index is 2.09. The van der Waals surface area contributed by atoms with Crippen LogP contribution < -0.4 is 11.1 Å². The highest BCUT2D eigenvalue weighted by atomic mass is 16.2. The molecule has 1 aromatic rings. The monoisotopic (exact) mass is 249 g/mol. The molecular formula is C12H19N5O. The number of nitrogens with one attached hydrogen (secondary N) is 1. The van der Waals surface area contributed by atoms with Crippen LogP contribution in [0, 0.1) is 0 Å². The zero-order chi connectivity index (χ0) is 13.3. The Morgan fingerprint density at radius 1 is 1.50 bits per heavy atom. The van der Waals surface area contributed by atoms with Crippen molar-refractivity contribution < 1.29 is 4.79 Å². The van der Waals surface area contributed by atoms with Crippen molar-refractivity contribution in [3.05, 3.63) is 17.5 Å². The van der Waals surface area contributed by atoms with Crippen LogP contribution in [0.3, 0.4) is 0 Å². The van der Waals surface area contributed by atoms with Gasteiger partial charge < -0.3 is 16.0 Å². The molecule has 0 radical (unpaired) electrons. The lowest BCUT2D eigenvalue weighted by atomic mass is 10.1. The maximum absolute atomic E-state index is 12.0. The van der Waals surface area contributed by atoms with Crippen LogP contribution in [0.1, 0.15) is 32.0 Å². The first kappa shape index (κ1) is 12.6. The summed E-state index contributed by atoms with van der Waals surface area (Å²) in [5.41, 5.74) is 7.25. The van der Waals surface area contributed by atoms with E-state index in [0.29, 0.717) is 13.1 Å². The second kappa shape index (κ2) is 4.44. The molecule has 0 aliphatic carbocycles. The van der Waals surface area contributed by atoms with Gasteiger partial charge in [0.15, 0.2) is 0 Å². The fourth-order valence-electron chi connectivity index (χ4n) is 1.89. The summed E-state index contributed by atoms with van der Waals surface area (Å²) in [6, 6.07) is -0.0645. The van der Waals surface area contributed by atoms with Gasteiger partial charge in [-0.2, -0.15) is 0 Å². The predicted molar refractivity (Wildman–Crippen MR) is 68.8 cm³/mol. The van der Waals surface area contributed by atoms with E-state index in [-0.39, 0.29) is 17.5 Å². The number of anilines is 1. The van der Waals surface area contributed by atoms with Crippen LogP contribution in [-0.4, -0.2) is 33.0 Å². The Labute approximate surface area is 107 Å². The third kappa shape index (κ3) is 2.88. The van der Waals surface area contributed by atoms with Crippen molar-refractivity contribution >= 4 is 12.0 Å². The normalized spacial score (nSPS) is 15.2. The number of carbonyl (C=O) groups excluding carboxylic acids is 1. The highest BCUT2D eigenvalue weighted by Crippen LogP contribution is 2.17. The minimum atomic E-state index is -0.234. The van der Waals surface area contributed by atoms with Crippen LogP contribution >= 0.6 is 0 Å². The minimum Gasteiger partial charge on any atom is -0.368 e. The predicted octanol–water partition coefficient (Wildman–Crippen LogP) is 0.925. The second-order valence-corrected chi connectivity index (χ2v) is 5.55. The Morgan fingerprint density at radius 3 is 2.89 bits per heavy atom. The molecule has 0 spiro atoms. The van der Waals surface area contributed by atoms with Crippen LogP contribution in [0.2, 0.25) is 0 Å². The van der Waals surface area contributed by atoms with E-state index in [2.05, 4.69) is 15.3 Å². The zero-order valence-electron chi connectivity index (χ0n) is 11.0. The molecule has 1 aliphatic heterocycles. The highest BCUT2D eigenvalue weighted by Gasteiger charge is 2.24. The molecule has 0 atom stereocenters. The minimum absolute atomic E-state index is 0.0645. The summed E-state index contributed by atoms with van der Waals surface area (Å²) >= 11 is 0. The van der Waals surface area contributed by atoms with Crippen molar-refractivity contribution in [1.29, 1.82) is 0 Å². The summed E-state index contributed by atoms with van der Waals surface area (Å²) in [6.45, 7) is 7.06. The summed E-state index contributed by atoms with van der Waals surface area (Å²) in [7, 11) is 0. The van der Waals surface area contributed by atoms with Crippen molar-refractivity contribution in [2.45, 2.75) is 39.3 Å². The van der Waals surface area contributed by atoms with Crippen molar-refractivity contribution in [1.82, 2.24) is 20.2 Å². The Hall–Kier alpha value is -1.85. The number of nitrogens with two attached hydrogens (primary N) is 1. The highest BCUT2D eigenvalue weighted by molar-refractivity contribution is 5.75. The van der Waals surface area contributed by atoms with Crippen molar-refractivity contribution in [3.8, 4) is 0 Å². The van der Waals surface area contributed by atoms with Gasteiger partial charge in [0.2, 0.25) is 5.95 Å². The molecule has 6 heteroatoms. The number of hydrogen-bond donors (Lipinski definition) is 2. The summed E-state index contributed by atoms with van der Waals surface area (Å²) in [5, 5.41) is 2.95. The van der Waals surface area contributed by atoms with Gasteiger partial charge in [-0.05, 0) is 32.8 Å². The van der Waals surface area contributed by atoms with Gasteiger partial charge in [0.25, 0.3) is 0 Å². The van der Waals surface area contributed by atoms with Crippen LogP contribution in [0.15, 0.2) is 6.20 Å². The topological polar surface area (TPSA) is 84.1 Å². The average Bonchev–Trinajstić information content (AvgIpc) is 2.25. The van der Waals surface area contributed by atoms with E-state index in [0.717, 1.165) is 17.7 Å². The Kier molecular flexibility index (Phi) is 3.11. The fourth-order valence-corrected chi connectivity index (χ4v) is 1.89. The van der Waals surface area contributed by atoms with Crippen LogP contribution in [-0.2, 0) is 13.0 Å². The fraction of sp³-hybridized carbons (Fsp3) is 0.583. The van der Waals surface area contributed by atoms with Crippen LogP contribution in [0.25, 0.3) is 0 Å². The van der Waals surface area contributed by atoms with Gasteiger partial charge in [-0.3, -0.25) is 0 Å². The summed E-state index contributed by atoms with van der Waals surface area (Å²) in [5.74, 6) is 0.256. The van der Waals surface area contributed by atoms with Crippen molar-refractivity contribution in [3.63, 3.8) is 0 Å². The molecular weight excluding hydrogens is 230 g/mol. The lowest BCUT2D eigenvalue weighted by molar-refractivity contribution is 0.182. The van der Waals surface area contributed by atoms with E-state index in [4.69, 9.17) is 5.73 Å². The molecule has 3 N–H and O–H groups in total. The molecule has 18 heavy (non-hydrogen) atoms. The van der Waals surface area contributed by atoms with Gasteiger partial charge in [0.1, 0.15) is 0 Å². The molecule has 0 fully saturated rings. The van der Waals surface area contributed by atoms with E-state index in [9.17, 15) is 4.79 Å². The van der Waals surface area contributed by atoms with E-state index in [1.165, 1.54) is 0 Å². The van der Waals surface area contributed by atoms with Gasteiger partial charge >= 0.3 is 6.03 Å². The number of nitrogens with zero attached hydrogens (tertiary/aromatic N) is 3. The first-order chi connectivity index (χ1) is 8.35. The number of urea groups is 1. The van der Waals surface area contributed by atoms with E-state index in [1.54, 1.807) is 11.1 Å². The smallest absolute Gasteiger partial charge is 0.318 e. The Bertz CT molecular complexity index is 466. The number of hydrogen-bond acceptors (Lipinski definition) is 4. The summed E-state index contributed by atoms with van der Waals surface area (Å²) < 4.78 is 0. The van der Waals surface area contributed by atoms with E-state index < -0.39 is 0 Å². The molecule has 6 nitrogen and oxygen atoms in total. The molecule has 0 bridgehead atoms. The van der Waals surface area contributed by atoms with Gasteiger partial charge in [-0.25, -0.2) is 14.8 Å². The molecule has 2 heterocycles. The molecule has 98 valence electrons. The van der Waals surface area contributed by atoms with Crippen LogP contribution in [0.5, 0.6) is 0 Å². The molecule has 1 aromatic heterocycles. The second-order valence-electron chi connectivity index (χ2n) is 5.55. The molecule has 0 aromatic carbocycles. The van der Waals surface area contributed by atoms with Gasteiger partial charge in [-0.15, -0.1) is 0 Å². The molecule has 0 saturated heterocycles. The first-order valence-corrected chi connectivity index (χ1v) is 6.02. The van der Waals surface area contributed by atoms with Gasteiger partial charge in [0, 0.05) is 18.3 Å². The number of rotatable bonds is 0. The third-order valence-electron chi connectivity index (χ3n) is 2.73. The van der Waals surface area contributed by atoms with E-state index >= 15 is 0 Å². The quantitative estimate of drug-likeness (QED) is 0.716. The SMILES string of the molecule is CC(C)(C)NC(=O)N1CCc2cnc(N)nc2C1. The number of nitrogen functional groups attached to an aromatic ring is 1. The van der Waals surface area contributed by atoms with Gasteiger partial charge in [0.05, 0.1) is 12.2 Å². The average molecular weight is 249 g/mol. The maximum atomic E-state index is 12.0. The summed E-state index contributed by atoms with van der Waals surface area (Å²) in [4.78, 5) is 22.0. The van der Waals surface area contributed by atoms with Gasteiger partial charge in [-0.1, -0.05) is 0 Å². The lowest BCUT2D eigenvalue weighted by Crippen LogP contribution is -2.49. The third-order valence-corrected chi connectivity index (χ3v) is 2.73.